The summed E-state index contributed by atoms with van der Waals surface area (Å²) in [6.45, 7) is 0. The highest BCUT2D eigenvalue weighted by Gasteiger charge is 2.21. The molecule has 0 aliphatic rings. The number of nitrogens with zero attached hydrogens (tertiary/aromatic N) is 4. The van der Waals surface area contributed by atoms with E-state index in [0.717, 1.165) is 6.07 Å². The van der Waals surface area contributed by atoms with Crippen LogP contribution >= 0.6 is 0 Å². The Hall–Kier alpha value is -4.35. The van der Waals surface area contributed by atoms with Gasteiger partial charge in [0, 0.05) is 17.4 Å². The van der Waals surface area contributed by atoms with Crippen LogP contribution in [0.5, 0.6) is 0 Å². The van der Waals surface area contributed by atoms with Crippen LogP contribution in [0.3, 0.4) is 0 Å². The molecule has 0 fully saturated rings. The van der Waals surface area contributed by atoms with Gasteiger partial charge in [0.2, 0.25) is 0 Å². The van der Waals surface area contributed by atoms with E-state index in [0.29, 0.717) is 17.0 Å². The van der Waals surface area contributed by atoms with Gasteiger partial charge in [-0.15, -0.1) is 0 Å². The molecule has 0 bridgehead atoms. The second-order valence-corrected chi connectivity index (χ2v) is 6.66. The molecule has 0 aliphatic heterocycles. The van der Waals surface area contributed by atoms with Crippen molar-refractivity contribution in [1.29, 1.82) is 0 Å². The first-order valence-electron chi connectivity index (χ1n) is 9.17. The summed E-state index contributed by atoms with van der Waals surface area (Å²) in [4.78, 5) is 19.7. The van der Waals surface area contributed by atoms with Gasteiger partial charge in [-0.1, -0.05) is 18.2 Å². The van der Waals surface area contributed by atoms with Crippen LogP contribution in [-0.2, 0) is 11.2 Å². The number of methoxy groups -OCH3 is 1. The second-order valence-electron chi connectivity index (χ2n) is 6.66. The number of amides is 1. The molecule has 0 saturated carbocycles. The summed E-state index contributed by atoms with van der Waals surface area (Å²) in [5, 5.41) is 7.22. The maximum atomic E-state index is 14.2. The fourth-order valence-electron chi connectivity index (χ4n) is 3.17. The number of rotatable bonds is 4. The number of aromatic nitrogens is 4. The molecular weight excluding hydrogens is 427 g/mol. The minimum absolute atomic E-state index is 0.0406. The summed E-state index contributed by atoms with van der Waals surface area (Å²) >= 11 is 0. The molecule has 164 valence electrons. The van der Waals surface area contributed by atoms with Crippen molar-refractivity contribution in [2.24, 2.45) is 0 Å². The van der Waals surface area contributed by atoms with Crippen LogP contribution in [0.15, 0.2) is 36.4 Å². The van der Waals surface area contributed by atoms with Crippen LogP contribution in [0.2, 0.25) is 0 Å². The van der Waals surface area contributed by atoms with Gasteiger partial charge in [0.15, 0.2) is 23.3 Å². The highest BCUT2D eigenvalue weighted by atomic mass is 19.2. The quantitative estimate of drug-likeness (QED) is 0.413. The number of anilines is 3. The number of halogens is 3. The molecular formula is C20H16F3N7O2. The number of benzene rings is 2. The molecule has 1 amide bonds. The molecule has 4 aromatic rings. The third-order valence-electron chi connectivity index (χ3n) is 4.70. The van der Waals surface area contributed by atoms with Gasteiger partial charge in [-0.3, -0.25) is 5.32 Å². The zero-order valence-electron chi connectivity index (χ0n) is 16.6. The number of nitrogens with one attached hydrogen (secondary N) is 1. The van der Waals surface area contributed by atoms with Gasteiger partial charge in [0.1, 0.15) is 11.5 Å². The molecule has 32 heavy (non-hydrogen) atoms. The average Bonchev–Trinajstić information content (AvgIpc) is 3.14. The highest BCUT2D eigenvalue weighted by Crippen LogP contribution is 2.28. The van der Waals surface area contributed by atoms with Crippen LogP contribution in [0.4, 0.5) is 35.3 Å². The highest BCUT2D eigenvalue weighted by molar-refractivity contribution is 5.92. The van der Waals surface area contributed by atoms with E-state index >= 15 is 0 Å². The number of carbonyl (C=O) groups is 1. The number of fused-ring (bicyclic) bond motifs is 1. The van der Waals surface area contributed by atoms with E-state index in [1.807, 2.05) is 0 Å². The van der Waals surface area contributed by atoms with Gasteiger partial charge < -0.3 is 16.2 Å². The van der Waals surface area contributed by atoms with Crippen molar-refractivity contribution in [2.45, 2.75) is 6.42 Å². The molecule has 0 spiro atoms. The van der Waals surface area contributed by atoms with Crippen molar-refractivity contribution in [3.05, 3.63) is 65.1 Å². The SMILES string of the molecule is COC(=O)Nc1c(N)nc(-n2nc(Cc3c(F)ccc(F)c3F)c3ccccc32)nc1N. The normalized spacial score (nSPS) is 11.0. The molecule has 0 radical (unpaired) electrons. The fraction of sp³-hybridized carbons (Fsp3) is 0.100. The van der Waals surface area contributed by atoms with Gasteiger partial charge in [-0.25, -0.2) is 18.0 Å². The van der Waals surface area contributed by atoms with Crippen LogP contribution in [-0.4, -0.2) is 33.0 Å². The van der Waals surface area contributed by atoms with Gasteiger partial charge in [0.25, 0.3) is 5.95 Å². The smallest absolute Gasteiger partial charge is 0.411 e. The molecule has 0 atom stereocenters. The Morgan fingerprint density at radius 2 is 1.72 bits per heavy atom. The minimum Gasteiger partial charge on any atom is -0.453 e. The van der Waals surface area contributed by atoms with Crippen LogP contribution in [0, 0.1) is 17.5 Å². The lowest BCUT2D eigenvalue weighted by Crippen LogP contribution is -2.17. The zero-order valence-corrected chi connectivity index (χ0v) is 16.6. The first-order chi connectivity index (χ1) is 15.3. The molecule has 4 rings (SSSR count). The first kappa shape index (κ1) is 20.9. The first-order valence-corrected chi connectivity index (χ1v) is 9.17. The van der Waals surface area contributed by atoms with Crippen molar-refractivity contribution in [3.63, 3.8) is 0 Å². The Bertz CT molecular complexity index is 1330. The molecule has 5 N–H and O–H groups in total. The summed E-state index contributed by atoms with van der Waals surface area (Å²) < 4.78 is 47.8. The summed E-state index contributed by atoms with van der Waals surface area (Å²) in [6.07, 6.45) is -1.14. The molecule has 0 aliphatic carbocycles. The van der Waals surface area contributed by atoms with Crippen molar-refractivity contribution < 1.29 is 22.7 Å². The third kappa shape index (κ3) is 3.62. The van der Waals surface area contributed by atoms with Crippen molar-refractivity contribution in [1.82, 2.24) is 19.7 Å². The van der Waals surface area contributed by atoms with Gasteiger partial charge in [0.05, 0.1) is 18.3 Å². The van der Waals surface area contributed by atoms with Gasteiger partial charge in [-0.2, -0.15) is 19.7 Å². The van der Waals surface area contributed by atoms with Crippen molar-refractivity contribution in [3.8, 4) is 5.95 Å². The summed E-state index contributed by atoms with van der Waals surface area (Å²) in [5.41, 5.74) is 12.1. The van der Waals surface area contributed by atoms with Crippen LogP contribution < -0.4 is 16.8 Å². The van der Waals surface area contributed by atoms with E-state index in [9.17, 15) is 18.0 Å². The zero-order chi connectivity index (χ0) is 23.0. The Balaban J connectivity index is 1.83. The van der Waals surface area contributed by atoms with Crippen molar-refractivity contribution >= 4 is 34.3 Å². The maximum absolute atomic E-state index is 14.2. The Kier molecular flexibility index (Phi) is 5.26. The molecule has 2 aromatic carbocycles. The number of nitrogens with two attached hydrogens (primary N) is 2. The van der Waals surface area contributed by atoms with E-state index in [1.54, 1.807) is 24.3 Å². The van der Waals surface area contributed by atoms with Crippen LogP contribution in [0.25, 0.3) is 16.9 Å². The third-order valence-corrected chi connectivity index (χ3v) is 4.70. The molecule has 0 saturated heterocycles. The number of hydrogen-bond acceptors (Lipinski definition) is 7. The topological polar surface area (TPSA) is 134 Å². The molecule has 9 nitrogen and oxygen atoms in total. The average molecular weight is 443 g/mol. The second kappa shape index (κ2) is 8.06. The monoisotopic (exact) mass is 443 g/mol. The van der Waals surface area contributed by atoms with E-state index in [1.165, 1.54) is 11.8 Å². The Labute approximate surface area is 178 Å². The van der Waals surface area contributed by atoms with Gasteiger partial charge >= 0.3 is 6.09 Å². The van der Waals surface area contributed by atoms with E-state index in [2.05, 4.69) is 25.1 Å². The standard InChI is InChI=1S/C20H16F3N7O2/c1-32-20(31)26-16-17(24)27-19(28-18(16)25)30-14-5-3-2-4-9(14)13(29-30)8-10-11(21)6-7-12(22)15(10)23/h2-7H,8H2,1H3,(H,26,31)(H4,24,25,27,28). The summed E-state index contributed by atoms with van der Waals surface area (Å²) in [5.74, 6) is -3.69. The molecule has 2 heterocycles. The van der Waals surface area contributed by atoms with E-state index in [4.69, 9.17) is 11.5 Å². The number of nitrogen functional groups attached to an aromatic ring is 2. The number of ether oxygens (including phenoxy) is 1. The molecule has 12 heteroatoms. The van der Waals surface area contributed by atoms with Crippen LogP contribution in [0.1, 0.15) is 11.3 Å². The summed E-state index contributed by atoms with van der Waals surface area (Å²) in [7, 11) is 1.17. The predicted molar refractivity (Wildman–Crippen MR) is 111 cm³/mol. The Morgan fingerprint density at radius 1 is 1.06 bits per heavy atom. The number of hydrogen-bond donors (Lipinski definition) is 3. The Morgan fingerprint density at radius 3 is 2.41 bits per heavy atom. The lowest BCUT2D eigenvalue weighted by molar-refractivity contribution is 0.187. The molecule has 2 aromatic heterocycles. The van der Waals surface area contributed by atoms with Crippen molar-refractivity contribution in [2.75, 3.05) is 23.9 Å². The lowest BCUT2D eigenvalue weighted by Gasteiger charge is -2.11. The minimum atomic E-state index is -1.29. The molecule has 0 unspecified atom stereocenters. The van der Waals surface area contributed by atoms with E-state index < -0.39 is 29.1 Å². The van der Waals surface area contributed by atoms with Gasteiger partial charge in [-0.05, 0) is 18.2 Å². The van der Waals surface area contributed by atoms with E-state index in [-0.39, 0.29) is 35.4 Å². The maximum Gasteiger partial charge on any atom is 0.411 e. The lowest BCUT2D eigenvalue weighted by atomic mass is 10.1. The summed E-state index contributed by atoms with van der Waals surface area (Å²) in [6, 6.07) is 8.36. The fourth-order valence-corrected chi connectivity index (χ4v) is 3.17. The largest absolute Gasteiger partial charge is 0.453 e. The number of para-hydroxylation sites is 1. The number of carbonyl (C=O) groups excluding carboxylic acids is 1. The predicted octanol–water partition coefficient (Wildman–Crippen LogP) is 3.17.